The fourth-order valence-corrected chi connectivity index (χ4v) is 4.93. The normalized spacial score (nSPS) is 17.0. The van der Waals surface area contributed by atoms with Crippen LogP contribution in [0.4, 0.5) is 4.79 Å². The molecule has 0 spiro atoms. The molecule has 182 valence electrons. The molecular formula is C25H31N3O5S. The first-order chi connectivity index (χ1) is 16.1. The van der Waals surface area contributed by atoms with Crippen molar-refractivity contribution in [1.82, 2.24) is 14.8 Å². The minimum atomic E-state index is -3.26. The first-order valence-electron chi connectivity index (χ1n) is 11.7. The molecule has 2 aliphatic rings. The van der Waals surface area contributed by atoms with Crippen molar-refractivity contribution >= 4 is 21.8 Å². The number of ether oxygens (including phenoxy) is 1. The van der Waals surface area contributed by atoms with E-state index in [9.17, 15) is 18.0 Å². The lowest BCUT2D eigenvalue weighted by atomic mass is 10.0. The van der Waals surface area contributed by atoms with Gasteiger partial charge in [-0.2, -0.15) is 0 Å². The van der Waals surface area contributed by atoms with Gasteiger partial charge in [0.2, 0.25) is 0 Å². The zero-order valence-electron chi connectivity index (χ0n) is 19.8. The van der Waals surface area contributed by atoms with Gasteiger partial charge in [-0.15, -0.1) is 0 Å². The van der Waals surface area contributed by atoms with Crippen LogP contribution in [0.2, 0.25) is 0 Å². The minimum absolute atomic E-state index is 0.0304. The fraction of sp³-hybridized carbons (Fsp3) is 0.480. The number of rotatable bonds is 6. The second-order valence-electron chi connectivity index (χ2n) is 9.32. The summed E-state index contributed by atoms with van der Waals surface area (Å²) >= 11 is 0. The molecule has 1 saturated heterocycles. The van der Waals surface area contributed by atoms with Gasteiger partial charge in [0.1, 0.15) is 0 Å². The summed E-state index contributed by atoms with van der Waals surface area (Å²) in [5, 5.41) is 0. The highest BCUT2D eigenvalue weighted by Crippen LogP contribution is 2.33. The Morgan fingerprint density at radius 2 is 1.62 bits per heavy atom. The Morgan fingerprint density at radius 3 is 2.12 bits per heavy atom. The van der Waals surface area contributed by atoms with Crippen LogP contribution < -0.4 is 0 Å². The maximum absolute atomic E-state index is 13.4. The molecular weight excluding hydrogens is 454 g/mol. The molecule has 0 N–H and O–H groups in total. The van der Waals surface area contributed by atoms with Gasteiger partial charge in [-0.1, -0.05) is 12.1 Å². The van der Waals surface area contributed by atoms with Crippen molar-refractivity contribution in [3.63, 3.8) is 0 Å². The monoisotopic (exact) mass is 485 g/mol. The Morgan fingerprint density at radius 1 is 1.00 bits per heavy atom. The Labute approximate surface area is 200 Å². The Bertz CT molecular complexity index is 1130. The van der Waals surface area contributed by atoms with E-state index in [-0.39, 0.29) is 35.1 Å². The highest BCUT2D eigenvalue weighted by atomic mass is 32.2. The Balaban J connectivity index is 1.43. The maximum Gasteiger partial charge on any atom is 0.410 e. The van der Waals surface area contributed by atoms with E-state index in [4.69, 9.17) is 4.74 Å². The number of benzene rings is 1. The molecule has 0 bridgehead atoms. The molecule has 4 rings (SSSR count). The predicted octanol–water partition coefficient (Wildman–Crippen LogP) is 3.77. The number of carbonyl (C=O) groups excluding carboxylic acids is 2. The molecule has 2 amide bonds. The van der Waals surface area contributed by atoms with Crippen molar-refractivity contribution in [2.75, 3.05) is 19.3 Å². The second-order valence-corrected chi connectivity index (χ2v) is 11.3. The number of likely N-dealkylation sites (tertiary alicyclic amines) is 1. The summed E-state index contributed by atoms with van der Waals surface area (Å²) in [7, 11) is -3.26. The third-order valence-corrected chi connectivity index (χ3v) is 7.34. The molecule has 2 aromatic rings. The van der Waals surface area contributed by atoms with Crippen LogP contribution in [-0.2, 0) is 14.6 Å². The van der Waals surface area contributed by atoms with Gasteiger partial charge in [0, 0.05) is 43.2 Å². The maximum atomic E-state index is 13.4. The van der Waals surface area contributed by atoms with E-state index in [1.807, 2.05) is 18.7 Å². The average Bonchev–Trinajstić information content (AvgIpc) is 3.64. The number of aromatic nitrogens is 1. The zero-order valence-corrected chi connectivity index (χ0v) is 20.6. The van der Waals surface area contributed by atoms with E-state index >= 15 is 0 Å². The molecule has 0 atom stereocenters. The summed E-state index contributed by atoms with van der Waals surface area (Å²) in [5.41, 5.74) is 1.99. The number of piperidine rings is 1. The third kappa shape index (κ3) is 5.58. The number of hydrogen-bond acceptors (Lipinski definition) is 6. The first-order valence-corrected chi connectivity index (χ1v) is 13.6. The molecule has 1 aromatic heterocycles. The van der Waals surface area contributed by atoms with Gasteiger partial charge >= 0.3 is 6.09 Å². The van der Waals surface area contributed by atoms with Gasteiger partial charge in [-0.05, 0) is 63.8 Å². The summed E-state index contributed by atoms with van der Waals surface area (Å²) in [5.74, 6) is -0.0304. The molecule has 9 heteroatoms. The van der Waals surface area contributed by atoms with Crippen molar-refractivity contribution in [3.05, 3.63) is 48.2 Å². The SMILES string of the molecule is CC(C)OC(=O)N1CCC(N(C(=O)c2ccc(-c3ccc(S(C)(=O)=O)cc3)nc2)C2CC2)CC1. The largest absolute Gasteiger partial charge is 0.447 e. The first kappa shape index (κ1) is 24.2. The van der Waals surface area contributed by atoms with Crippen LogP contribution in [0.25, 0.3) is 11.3 Å². The van der Waals surface area contributed by atoms with E-state index in [0.29, 0.717) is 24.3 Å². The quantitative estimate of drug-likeness (QED) is 0.618. The minimum Gasteiger partial charge on any atom is -0.447 e. The third-order valence-electron chi connectivity index (χ3n) is 6.22. The molecule has 2 fully saturated rings. The van der Waals surface area contributed by atoms with Gasteiger partial charge in [0.15, 0.2) is 9.84 Å². The second kappa shape index (κ2) is 9.74. The fourth-order valence-electron chi connectivity index (χ4n) is 4.30. The molecule has 1 aromatic carbocycles. The van der Waals surface area contributed by atoms with E-state index in [1.54, 1.807) is 47.5 Å². The molecule has 1 saturated carbocycles. The summed E-state index contributed by atoms with van der Waals surface area (Å²) in [6.07, 6.45) is 5.78. The van der Waals surface area contributed by atoms with Gasteiger partial charge in [-0.25, -0.2) is 13.2 Å². The summed E-state index contributed by atoms with van der Waals surface area (Å²) in [4.78, 5) is 34.0. The Kier molecular flexibility index (Phi) is 6.93. The molecule has 2 heterocycles. The molecule has 0 unspecified atom stereocenters. The smallest absolute Gasteiger partial charge is 0.410 e. The van der Waals surface area contributed by atoms with Crippen LogP contribution in [-0.4, -0.2) is 72.7 Å². The van der Waals surface area contributed by atoms with Crippen molar-refractivity contribution in [2.24, 2.45) is 0 Å². The highest BCUT2D eigenvalue weighted by molar-refractivity contribution is 7.90. The lowest BCUT2D eigenvalue weighted by molar-refractivity contribution is 0.0451. The van der Waals surface area contributed by atoms with Gasteiger partial charge < -0.3 is 14.5 Å². The number of carbonyl (C=O) groups is 2. The summed E-state index contributed by atoms with van der Waals surface area (Å²) < 4.78 is 28.6. The Hall–Kier alpha value is -2.94. The van der Waals surface area contributed by atoms with E-state index in [1.165, 1.54) is 6.26 Å². The van der Waals surface area contributed by atoms with Gasteiger partial charge in [-0.3, -0.25) is 9.78 Å². The zero-order chi connectivity index (χ0) is 24.5. The lowest BCUT2D eigenvalue weighted by Crippen LogP contribution is -2.50. The van der Waals surface area contributed by atoms with Crippen LogP contribution in [0.5, 0.6) is 0 Å². The summed E-state index contributed by atoms with van der Waals surface area (Å²) in [6, 6.07) is 10.5. The topological polar surface area (TPSA) is 96.9 Å². The van der Waals surface area contributed by atoms with E-state index in [2.05, 4.69) is 4.98 Å². The van der Waals surface area contributed by atoms with E-state index in [0.717, 1.165) is 31.2 Å². The highest BCUT2D eigenvalue weighted by Gasteiger charge is 2.39. The molecule has 8 nitrogen and oxygen atoms in total. The van der Waals surface area contributed by atoms with Crippen LogP contribution in [0.1, 0.15) is 49.9 Å². The number of hydrogen-bond donors (Lipinski definition) is 0. The summed E-state index contributed by atoms with van der Waals surface area (Å²) in [6.45, 7) is 4.82. The molecule has 0 radical (unpaired) electrons. The predicted molar refractivity (Wildman–Crippen MR) is 128 cm³/mol. The molecule has 1 aliphatic carbocycles. The number of nitrogens with zero attached hydrogens (tertiary/aromatic N) is 3. The van der Waals surface area contributed by atoms with E-state index < -0.39 is 9.84 Å². The van der Waals surface area contributed by atoms with Crippen LogP contribution in [0, 0.1) is 0 Å². The lowest BCUT2D eigenvalue weighted by Gasteiger charge is -2.38. The van der Waals surface area contributed by atoms with Crippen molar-refractivity contribution in [1.29, 1.82) is 0 Å². The van der Waals surface area contributed by atoms with Crippen LogP contribution in [0.3, 0.4) is 0 Å². The van der Waals surface area contributed by atoms with Crippen LogP contribution >= 0.6 is 0 Å². The molecule has 1 aliphatic heterocycles. The average molecular weight is 486 g/mol. The number of amides is 2. The standard InChI is InChI=1S/C25H31N3O5S/c1-17(2)33-25(30)27-14-12-21(13-15-27)28(20-7-8-20)24(29)19-6-11-23(26-16-19)18-4-9-22(10-5-18)34(3,31)32/h4-6,9-11,16-17,20-21H,7-8,12-15H2,1-3H3. The number of sulfone groups is 1. The van der Waals surface area contributed by atoms with Gasteiger partial charge in [0.25, 0.3) is 5.91 Å². The van der Waals surface area contributed by atoms with Crippen LogP contribution in [0.15, 0.2) is 47.5 Å². The molecule has 34 heavy (non-hydrogen) atoms. The van der Waals surface area contributed by atoms with Crippen molar-refractivity contribution in [3.8, 4) is 11.3 Å². The van der Waals surface area contributed by atoms with Crippen molar-refractivity contribution < 1.29 is 22.7 Å². The number of pyridine rings is 1. The van der Waals surface area contributed by atoms with Crippen molar-refractivity contribution in [2.45, 2.75) is 62.6 Å². The van der Waals surface area contributed by atoms with Gasteiger partial charge in [0.05, 0.1) is 22.3 Å².